The van der Waals surface area contributed by atoms with E-state index < -0.39 is 0 Å². The number of nitrogens with zero attached hydrogens (tertiary/aromatic N) is 2. The number of aromatic nitrogens is 2. The van der Waals surface area contributed by atoms with E-state index in [9.17, 15) is 4.79 Å². The minimum absolute atomic E-state index is 0.00632. The van der Waals surface area contributed by atoms with E-state index in [1.807, 2.05) is 24.3 Å². The number of carbonyl (C=O) groups excluding carboxylic acids is 1. The van der Waals surface area contributed by atoms with Crippen molar-refractivity contribution in [1.82, 2.24) is 10.2 Å². The van der Waals surface area contributed by atoms with Crippen LogP contribution in [0, 0.1) is 0 Å². The molecular formula is C15H17N3O3. The summed E-state index contributed by atoms with van der Waals surface area (Å²) in [5, 5.41) is 10.4. The Labute approximate surface area is 122 Å². The van der Waals surface area contributed by atoms with Crippen LogP contribution in [0.15, 0.2) is 35.1 Å². The number of hydrogen-bond donors (Lipinski definition) is 1. The molecule has 1 fully saturated rings. The molecule has 0 unspecified atom stereocenters. The van der Waals surface area contributed by atoms with E-state index in [1.165, 1.54) is 6.39 Å². The van der Waals surface area contributed by atoms with Gasteiger partial charge in [-0.05, 0) is 37.5 Å². The van der Waals surface area contributed by atoms with Gasteiger partial charge in [0.05, 0.1) is 6.10 Å². The third kappa shape index (κ3) is 3.66. The number of nitrogens with one attached hydrogen (secondary N) is 1. The fourth-order valence-electron chi connectivity index (χ4n) is 2.42. The van der Waals surface area contributed by atoms with Crippen molar-refractivity contribution in [3.8, 4) is 11.5 Å². The summed E-state index contributed by atoms with van der Waals surface area (Å²) in [5.74, 6) is 0.429. The highest BCUT2D eigenvalue weighted by Gasteiger charge is 2.16. The Balaban J connectivity index is 1.56. The molecule has 1 aliphatic heterocycles. The van der Waals surface area contributed by atoms with Crippen LogP contribution >= 0.6 is 0 Å². The third-order valence-corrected chi connectivity index (χ3v) is 3.47. The minimum atomic E-state index is -0.00632. The molecular weight excluding hydrogens is 270 g/mol. The predicted octanol–water partition coefficient (Wildman–Crippen LogP) is 2.63. The summed E-state index contributed by atoms with van der Waals surface area (Å²) in [4.78, 5) is 11.9. The summed E-state index contributed by atoms with van der Waals surface area (Å²) in [5.41, 5.74) is 1.51. The van der Waals surface area contributed by atoms with Gasteiger partial charge in [0.1, 0.15) is 0 Å². The molecule has 2 heterocycles. The van der Waals surface area contributed by atoms with Crippen LogP contribution in [-0.2, 0) is 9.53 Å². The normalized spacial score (nSPS) is 17.8. The fourth-order valence-corrected chi connectivity index (χ4v) is 2.42. The van der Waals surface area contributed by atoms with Crippen LogP contribution in [-0.4, -0.2) is 28.8 Å². The molecule has 1 aliphatic rings. The van der Waals surface area contributed by atoms with Crippen LogP contribution in [0.5, 0.6) is 0 Å². The van der Waals surface area contributed by atoms with E-state index in [0.717, 1.165) is 37.1 Å². The number of benzene rings is 1. The Bertz CT molecular complexity index is 592. The molecule has 0 bridgehead atoms. The smallest absolute Gasteiger partial charge is 0.247 e. The van der Waals surface area contributed by atoms with Crippen LogP contribution < -0.4 is 5.32 Å². The monoisotopic (exact) mass is 287 g/mol. The zero-order valence-electron chi connectivity index (χ0n) is 11.6. The van der Waals surface area contributed by atoms with E-state index in [-0.39, 0.29) is 12.0 Å². The number of hydrogen-bond acceptors (Lipinski definition) is 5. The van der Waals surface area contributed by atoms with Crippen LogP contribution in [0.25, 0.3) is 11.5 Å². The van der Waals surface area contributed by atoms with Crippen molar-refractivity contribution in [1.29, 1.82) is 0 Å². The largest absolute Gasteiger partial charge is 0.423 e. The molecule has 21 heavy (non-hydrogen) atoms. The van der Waals surface area contributed by atoms with Crippen LogP contribution in [0.2, 0.25) is 0 Å². The highest BCUT2D eigenvalue weighted by molar-refractivity contribution is 5.91. The third-order valence-electron chi connectivity index (χ3n) is 3.47. The quantitative estimate of drug-likeness (QED) is 0.914. The second-order valence-corrected chi connectivity index (χ2v) is 5.05. The zero-order valence-corrected chi connectivity index (χ0v) is 11.6. The summed E-state index contributed by atoms with van der Waals surface area (Å²) in [6, 6.07) is 7.35. The van der Waals surface area contributed by atoms with Gasteiger partial charge in [0.25, 0.3) is 0 Å². The molecule has 1 aromatic heterocycles. The van der Waals surface area contributed by atoms with Crippen molar-refractivity contribution >= 4 is 11.6 Å². The number of carbonyl (C=O) groups is 1. The lowest BCUT2D eigenvalue weighted by atomic mass is 10.1. The lowest BCUT2D eigenvalue weighted by molar-refractivity contribution is -0.116. The van der Waals surface area contributed by atoms with Gasteiger partial charge >= 0.3 is 0 Å². The lowest BCUT2D eigenvalue weighted by Crippen LogP contribution is -2.15. The van der Waals surface area contributed by atoms with Crippen molar-refractivity contribution in [3.63, 3.8) is 0 Å². The number of ether oxygens (including phenoxy) is 1. The molecule has 110 valence electrons. The van der Waals surface area contributed by atoms with E-state index in [0.29, 0.717) is 12.3 Å². The van der Waals surface area contributed by atoms with Gasteiger partial charge in [0, 0.05) is 24.3 Å². The van der Waals surface area contributed by atoms with E-state index in [4.69, 9.17) is 9.15 Å². The second kappa shape index (κ2) is 6.49. The predicted molar refractivity (Wildman–Crippen MR) is 76.6 cm³/mol. The van der Waals surface area contributed by atoms with Crippen molar-refractivity contribution in [3.05, 3.63) is 30.7 Å². The average Bonchev–Trinajstić information content (AvgIpc) is 3.19. The Morgan fingerprint density at radius 2 is 2.38 bits per heavy atom. The topological polar surface area (TPSA) is 77.2 Å². The van der Waals surface area contributed by atoms with Gasteiger partial charge in [-0.25, -0.2) is 0 Å². The molecule has 6 nitrogen and oxygen atoms in total. The maximum absolute atomic E-state index is 11.9. The Morgan fingerprint density at radius 1 is 1.43 bits per heavy atom. The summed E-state index contributed by atoms with van der Waals surface area (Å²) in [7, 11) is 0. The van der Waals surface area contributed by atoms with Crippen LogP contribution in [0.1, 0.15) is 25.7 Å². The van der Waals surface area contributed by atoms with Gasteiger partial charge < -0.3 is 14.5 Å². The van der Waals surface area contributed by atoms with Gasteiger partial charge in [0.15, 0.2) is 0 Å². The fraction of sp³-hybridized carbons (Fsp3) is 0.400. The highest BCUT2D eigenvalue weighted by Crippen LogP contribution is 2.21. The van der Waals surface area contributed by atoms with Crippen molar-refractivity contribution in [2.45, 2.75) is 31.8 Å². The molecule has 0 spiro atoms. The van der Waals surface area contributed by atoms with Gasteiger partial charge in [-0.1, -0.05) is 6.07 Å². The number of rotatable bonds is 5. The van der Waals surface area contributed by atoms with Crippen LogP contribution in [0.3, 0.4) is 0 Å². The molecule has 1 atom stereocenters. The Hall–Kier alpha value is -2.21. The Kier molecular flexibility index (Phi) is 4.25. The van der Waals surface area contributed by atoms with Gasteiger partial charge in [-0.3, -0.25) is 4.79 Å². The van der Waals surface area contributed by atoms with E-state index in [2.05, 4.69) is 15.5 Å². The molecule has 1 N–H and O–H groups in total. The number of anilines is 1. The van der Waals surface area contributed by atoms with Crippen molar-refractivity contribution in [2.24, 2.45) is 0 Å². The molecule has 1 aromatic carbocycles. The summed E-state index contributed by atoms with van der Waals surface area (Å²) in [6.45, 7) is 0.818. The number of amides is 1. The van der Waals surface area contributed by atoms with Crippen molar-refractivity contribution in [2.75, 3.05) is 11.9 Å². The molecule has 1 saturated heterocycles. The molecule has 0 saturated carbocycles. The molecule has 2 aromatic rings. The molecule has 6 heteroatoms. The summed E-state index contributed by atoms with van der Waals surface area (Å²) < 4.78 is 10.7. The van der Waals surface area contributed by atoms with Gasteiger partial charge in [-0.15, -0.1) is 10.2 Å². The first-order valence-electron chi connectivity index (χ1n) is 7.09. The summed E-state index contributed by atoms with van der Waals surface area (Å²) >= 11 is 0. The van der Waals surface area contributed by atoms with Gasteiger partial charge in [-0.2, -0.15) is 0 Å². The van der Waals surface area contributed by atoms with Gasteiger partial charge in [0.2, 0.25) is 18.2 Å². The highest BCUT2D eigenvalue weighted by atomic mass is 16.5. The lowest BCUT2D eigenvalue weighted by Gasteiger charge is -2.09. The average molecular weight is 287 g/mol. The van der Waals surface area contributed by atoms with E-state index >= 15 is 0 Å². The standard InChI is InChI=1S/C15H17N3O3/c19-14(7-6-13-5-2-8-20-13)17-12-4-1-3-11(9-12)15-18-16-10-21-15/h1,3-4,9-10,13H,2,5-8H2,(H,17,19)/t13-/m0/s1. The molecule has 0 radical (unpaired) electrons. The minimum Gasteiger partial charge on any atom is -0.423 e. The van der Waals surface area contributed by atoms with Crippen LogP contribution in [0.4, 0.5) is 5.69 Å². The maximum Gasteiger partial charge on any atom is 0.247 e. The van der Waals surface area contributed by atoms with E-state index in [1.54, 1.807) is 0 Å². The Morgan fingerprint density at radius 3 is 3.14 bits per heavy atom. The molecule has 0 aliphatic carbocycles. The SMILES string of the molecule is O=C(CC[C@@H]1CCCO1)Nc1cccc(-c2nnco2)c1. The molecule has 1 amide bonds. The first-order chi connectivity index (χ1) is 10.3. The zero-order chi connectivity index (χ0) is 14.5. The second-order valence-electron chi connectivity index (χ2n) is 5.05. The summed E-state index contributed by atoms with van der Waals surface area (Å²) in [6.07, 6.45) is 4.91. The molecule has 3 rings (SSSR count). The van der Waals surface area contributed by atoms with Crippen molar-refractivity contribution < 1.29 is 13.9 Å². The first-order valence-corrected chi connectivity index (χ1v) is 7.09. The first kappa shape index (κ1) is 13.8. The maximum atomic E-state index is 11.9.